The predicted octanol–water partition coefficient (Wildman–Crippen LogP) is 3.65. The molecule has 2 unspecified atom stereocenters. The van der Waals surface area contributed by atoms with Crippen molar-refractivity contribution in [2.24, 2.45) is 0 Å². The van der Waals surface area contributed by atoms with Crippen LogP contribution in [0.4, 0.5) is 0 Å². The van der Waals surface area contributed by atoms with E-state index in [0.29, 0.717) is 0 Å². The van der Waals surface area contributed by atoms with E-state index in [4.69, 9.17) is 0 Å². The Hall–Kier alpha value is -0.0800. The van der Waals surface area contributed by atoms with Crippen molar-refractivity contribution in [2.45, 2.75) is 90.3 Å². The Bertz CT molecular complexity index is 121. The molecule has 0 saturated carbocycles. The monoisotopic (exact) mass is 230 g/mol. The molecule has 0 aliphatic carbocycles. The van der Waals surface area contributed by atoms with E-state index in [1.54, 1.807) is 0 Å². The van der Waals surface area contributed by atoms with E-state index >= 15 is 0 Å². The maximum atomic E-state index is 9.52. The zero-order valence-corrected chi connectivity index (χ0v) is 11.1. The van der Waals surface area contributed by atoms with Gasteiger partial charge in [0.25, 0.3) is 0 Å². The van der Waals surface area contributed by atoms with Crippen LogP contribution in [0.3, 0.4) is 0 Å². The summed E-state index contributed by atoms with van der Waals surface area (Å²) in [6.07, 6.45) is 10.4. The first-order valence-corrected chi connectivity index (χ1v) is 7.06. The molecule has 0 bridgehead atoms. The van der Waals surface area contributed by atoms with Gasteiger partial charge in [-0.25, -0.2) is 0 Å². The van der Waals surface area contributed by atoms with Crippen molar-refractivity contribution in [1.29, 1.82) is 0 Å². The lowest BCUT2D eigenvalue weighted by molar-refractivity contribution is 0.144. The van der Waals surface area contributed by atoms with Gasteiger partial charge in [0.1, 0.15) is 0 Å². The minimum atomic E-state index is -0.0873. The molecular weight excluding hydrogens is 200 g/mol. The summed E-state index contributed by atoms with van der Waals surface area (Å²) in [7, 11) is 0. The van der Waals surface area contributed by atoms with Crippen molar-refractivity contribution in [3.05, 3.63) is 0 Å². The van der Waals surface area contributed by atoms with Crippen LogP contribution in [0, 0.1) is 0 Å². The van der Waals surface area contributed by atoms with Crippen molar-refractivity contribution < 1.29 is 10.2 Å². The van der Waals surface area contributed by atoms with Crippen LogP contribution in [0.5, 0.6) is 0 Å². The van der Waals surface area contributed by atoms with E-state index < -0.39 is 0 Å². The molecule has 0 amide bonds. The van der Waals surface area contributed by atoms with E-state index in [1.165, 1.54) is 12.8 Å². The van der Waals surface area contributed by atoms with Crippen LogP contribution in [-0.4, -0.2) is 22.4 Å². The van der Waals surface area contributed by atoms with Crippen molar-refractivity contribution in [2.75, 3.05) is 0 Å². The molecular formula is C14H30O2. The molecule has 0 spiro atoms. The van der Waals surface area contributed by atoms with Gasteiger partial charge in [0.2, 0.25) is 0 Å². The number of hydrogen-bond acceptors (Lipinski definition) is 2. The van der Waals surface area contributed by atoms with Gasteiger partial charge in [0, 0.05) is 0 Å². The van der Waals surface area contributed by atoms with Gasteiger partial charge in [0.15, 0.2) is 0 Å². The van der Waals surface area contributed by atoms with E-state index in [-0.39, 0.29) is 12.2 Å². The lowest BCUT2D eigenvalue weighted by atomic mass is 10.0. The van der Waals surface area contributed by atoms with Crippen LogP contribution in [0.15, 0.2) is 0 Å². The first-order valence-electron chi connectivity index (χ1n) is 7.06. The lowest BCUT2D eigenvalue weighted by Gasteiger charge is -2.10. The molecule has 2 heteroatoms. The van der Waals surface area contributed by atoms with Gasteiger partial charge in [-0.05, 0) is 25.7 Å². The smallest absolute Gasteiger partial charge is 0.0540 e. The third kappa shape index (κ3) is 10.4. The number of unbranched alkanes of at least 4 members (excludes halogenated alkanes) is 3. The highest BCUT2D eigenvalue weighted by atomic mass is 16.3. The SMILES string of the molecule is CCCC(O)CCCCCCC(O)CCC. The number of rotatable bonds is 11. The third-order valence-corrected chi connectivity index (χ3v) is 3.07. The lowest BCUT2D eigenvalue weighted by Crippen LogP contribution is -2.06. The molecule has 0 radical (unpaired) electrons. The molecule has 0 aliphatic heterocycles. The fraction of sp³-hybridized carbons (Fsp3) is 1.00. The fourth-order valence-electron chi connectivity index (χ4n) is 2.07. The summed E-state index contributed by atoms with van der Waals surface area (Å²) in [4.78, 5) is 0. The van der Waals surface area contributed by atoms with Crippen LogP contribution in [0.1, 0.15) is 78.1 Å². The first kappa shape index (κ1) is 15.9. The molecule has 16 heavy (non-hydrogen) atoms. The third-order valence-electron chi connectivity index (χ3n) is 3.07. The zero-order valence-electron chi connectivity index (χ0n) is 11.1. The van der Waals surface area contributed by atoms with Crippen LogP contribution in [-0.2, 0) is 0 Å². The van der Waals surface area contributed by atoms with Gasteiger partial charge < -0.3 is 10.2 Å². The minimum Gasteiger partial charge on any atom is -0.393 e. The highest BCUT2D eigenvalue weighted by Gasteiger charge is 2.03. The number of aliphatic hydroxyl groups excluding tert-OH is 2. The molecule has 0 fully saturated rings. The van der Waals surface area contributed by atoms with Crippen molar-refractivity contribution in [3.63, 3.8) is 0 Å². The number of aliphatic hydroxyl groups is 2. The molecule has 2 atom stereocenters. The van der Waals surface area contributed by atoms with Crippen LogP contribution < -0.4 is 0 Å². The van der Waals surface area contributed by atoms with Crippen molar-refractivity contribution in [1.82, 2.24) is 0 Å². The van der Waals surface area contributed by atoms with Crippen LogP contribution in [0.25, 0.3) is 0 Å². The van der Waals surface area contributed by atoms with Crippen LogP contribution >= 0.6 is 0 Å². The summed E-state index contributed by atoms with van der Waals surface area (Å²) >= 11 is 0. The Balaban J connectivity index is 3.15. The standard InChI is InChI=1S/C14H30O2/c1-3-9-13(15)11-7-5-6-8-12-14(16)10-4-2/h13-16H,3-12H2,1-2H3. The Morgan fingerprint density at radius 1 is 0.625 bits per heavy atom. The van der Waals surface area contributed by atoms with Gasteiger partial charge >= 0.3 is 0 Å². The number of hydrogen-bond donors (Lipinski definition) is 2. The van der Waals surface area contributed by atoms with Crippen molar-refractivity contribution >= 4 is 0 Å². The molecule has 0 aromatic heterocycles. The summed E-state index contributed by atoms with van der Waals surface area (Å²) in [5, 5.41) is 19.0. The predicted molar refractivity (Wildman–Crippen MR) is 69.5 cm³/mol. The summed E-state index contributed by atoms with van der Waals surface area (Å²) in [6, 6.07) is 0. The zero-order chi connectivity index (χ0) is 12.2. The molecule has 0 aromatic rings. The van der Waals surface area contributed by atoms with Crippen molar-refractivity contribution in [3.8, 4) is 0 Å². The molecule has 2 nitrogen and oxygen atoms in total. The average molecular weight is 230 g/mol. The molecule has 0 rings (SSSR count). The van der Waals surface area contributed by atoms with Gasteiger partial charge in [-0.1, -0.05) is 52.4 Å². The van der Waals surface area contributed by atoms with E-state index in [2.05, 4.69) is 13.8 Å². The minimum absolute atomic E-state index is 0.0873. The van der Waals surface area contributed by atoms with E-state index in [9.17, 15) is 10.2 Å². The Labute approximate surface area is 101 Å². The summed E-state index contributed by atoms with van der Waals surface area (Å²) < 4.78 is 0. The molecule has 0 aromatic carbocycles. The maximum Gasteiger partial charge on any atom is 0.0540 e. The summed E-state index contributed by atoms with van der Waals surface area (Å²) in [5.41, 5.74) is 0. The Morgan fingerprint density at radius 2 is 1.00 bits per heavy atom. The Kier molecular flexibility index (Phi) is 11.3. The Morgan fingerprint density at radius 3 is 1.31 bits per heavy atom. The van der Waals surface area contributed by atoms with E-state index in [1.807, 2.05) is 0 Å². The van der Waals surface area contributed by atoms with Crippen LogP contribution in [0.2, 0.25) is 0 Å². The second-order valence-corrected chi connectivity index (χ2v) is 4.88. The normalized spacial score (nSPS) is 15.0. The van der Waals surface area contributed by atoms with Gasteiger partial charge in [0.05, 0.1) is 12.2 Å². The fourth-order valence-corrected chi connectivity index (χ4v) is 2.07. The second-order valence-electron chi connectivity index (χ2n) is 4.88. The molecule has 0 heterocycles. The molecule has 98 valence electrons. The highest BCUT2D eigenvalue weighted by molar-refractivity contribution is 4.57. The summed E-state index contributed by atoms with van der Waals surface area (Å²) in [6.45, 7) is 4.22. The molecule has 0 aliphatic rings. The molecule has 0 saturated heterocycles. The maximum absolute atomic E-state index is 9.52. The quantitative estimate of drug-likeness (QED) is 0.532. The topological polar surface area (TPSA) is 40.5 Å². The second kappa shape index (κ2) is 11.4. The summed E-state index contributed by atoms with van der Waals surface area (Å²) in [5.74, 6) is 0. The molecule has 2 N–H and O–H groups in total. The van der Waals surface area contributed by atoms with Gasteiger partial charge in [-0.2, -0.15) is 0 Å². The largest absolute Gasteiger partial charge is 0.393 e. The average Bonchev–Trinajstić information content (AvgIpc) is 2.24. The first-order chi connectivity index (χ1) is 7.70. The van der Waals surface area contributed by atoms with Gasteiger partial charge in [-0.3, -0.25) is 0 Å². The van der Waals surface area contributed by atoms with E-state index in [0.717, 1.165) is 51.4 Å². The highest BCUT2D eigenvalue weighted by Crippen LogP contribution is 2.12. The van der Waals surface area contributed by atoms with Gasteiger partial charge in [-0.15, -0.1) is 0 Å².